The van der Waals surface area contributed by atoms with E-state index < -0.39 is 60.4 Å². The Hall–Kier alpha value is -3.52. The molecule has 0 bridgehead atoms. The quantitative estimate of drug-likeness (QED) is 0.179. The summed E-state index contributed by atoms with van der Waals surface area (Å²) in [7, 11) is 0. The van der Waals surface area contributed by atoms with Gasteiger partial charge in [0, 0.05) is 13.0 Å². The zero-order valence-electron chi connectivity index (χ0n) is 24.2. The van der Waals surface area contributed by atoms with Crippen LogP contribution in [0.5, 0.6) is 0 Å². The lowest BCUT2D eigenvalue weighted by Gasteiger charge is -2.29. The number of hydrogen-bond acceptors (Lipinski definition) is 8. The molecule has 4 rings (SSSR count). The maximum Gasteiger partial charge on any atom is 0.224 e. The van der Waals surface area contributed by atoms with E-state index >= 15 is 0 Å². The van der Waals surface area contributed by atoms with Gasteiger partial charge in [0.1, 0.15) is 18.3 Å². The number of halogens is 2. The van der Waals surface area contributed by atoms with Crippen LogP contribution in [0, 0.1) is 11.6 Å². The number of fused-ring (bicyclic) bond motifs is 1. The molecule has 0 spiro atoms. The van der Waals surface area contributed by atoms with Crippen LogP contribution in [0.4, 0.5) is 8.78 Å². The van der Waals surface area contributed by atoms with Gasteiger partial charge in [-0.15, -0.1) is 0 Å². The van der Waals surface area contributed by atoms with Gasteiger partial charge in [0.05, 0.1) is 37.7 Å². The number of aliphatic hydroxyl groups is 4. The largest absolute Gasteiger partial charge is 0.391 e. The van der Waals surface area contributed by atoms with E-state index in [0.29, 0.717) is 0 Å². The van der Waals surface area contributed by atoms with Gasteiger partial charge in [0.15, 0.2) is 17.9 Å². The zero-order chi connectivity index (χ0) is 31.8. The highest BCUT2D eigenvalue weighted by molar-refractivity contribution is 5.85. The van der Waals surface area contributed by atoms with Gasteiger partial charge in [-0.3, -0.25) is 9.59 Å². The molecule has 3 aromatic rings. The maximum absolute atomic E-state index is 13.5. The molecule has 10 nitrogen and oxygen atoms in total. The Balaban J connectivity index is 1.33. The van der Waals surface area contributed by atoms with Crippen LogP contribution < -0.4 is 10.6 Å². The maximum atomic E-state index is 13.5. The van der Waals surface area contributed by atoms with E-state index in [1.807, 2.05) is 42.5 Å². The number of aliphatic hydroxyl groups excluding tert-OH is 4. The number of hydrogen-bond donors (Lipinski definition) is 6. The standard InChI is InChI=1S/C32H38F2N2O8/c1-18(37)31(41)25(36-29(40)15-20-7-9-23(33)24(34)13-20)17-43-30-11-10-26(38)32(42)27(44-30)16-35-28(39)14-19-6-8-21-4-2-3-5-22(21)12-19/h2-9,12-13,18,25-27,30-32,37-38,41-42H,10-11,14-17H2,1H3,(H,35,39)(H,36,40). The van der Waals surface area contributed by atoms with Gasteiger partial charge < -0.3 is 40.5 Å². The molecular formula is C32H38F2N2O8. The smallest absolute Gasteiger partial charge is 0.224 e. The highest BCUT2D eigenvalue weighted by Crippen LogP contribution is 2.22. The summed E-state index contributed by atoms with van der Waals surface area (Å²) in [4.78, 5) is 25.3. The van der Waals surface area contributed by atoms with Crippen LogP contribution >= 0.6 is 0 Å². The highest BCUT2D eigenvalue weighted by atomic mass is 19.2. The third-order valence-electron chi connectivity index (χ3n) is 7.54. The summed E-state index contributed by atoms with van der Waals surface area (Å²) < 4.78 is 38.5. The number of amides is 2. The van der Waals surface area contributed by atoms with Crippen LogP contribution in [0.3, 0.4) is 0 Å². The number of carbonyl (C=O) groups excluding carboxylic acids is 2. The molecule has 0 saturated carbocycles. The number of nitrogens with one attached hydrogen (secondary N) is 2. The molecule has 2 amide bonds. The minimum absolute atomic E-state index is 0.0965. The van der Waals surface area contributed by atoms with Crippen molar-refractivity contribution in [3.63, 3.8) is 0 Å². The molecule has 0 aliphatic carbocycles. The first-order valence-corrected chi connectivity index (χ1v) is 14.5. The van der Waals surface area contributed by atoms with E-state index in [1.54, 1.807) is 0 Å². The van der Waals surface area contributed by atoms with Gasteiger partial charge in [-0.25, -0.2) is 8.78 Å². The topological polar surface area (TPSA) is 158 Å². The average Bonchev–Trinajstić information content (AvgIpc) is 3.13. The molecule has 1 fully saturated rings. The molecule has 0 radical (unpaired) electrons. The Morgan fingerprint density at radius 2 is 1.61 bits per heavy atom. The van der Waals surface area contributed by atoms with Crippen LogP contribution in [0.25, 0.3) is 10.8 Å². The van der Waals surface area contributed by atoms with Gasteiger partial charge in [-0.1, -0.05) is 48.5 Å². The molecular weight excluding hydrogens is 578 g/mol. The van der Waals surface area contributed by atoms with Gasteiger partial charge >= 0.3 is 0 Å². The molecule has 1 heterocycles. The molecule has 1 saturated heterocycles. The monoisotopic (exact) mass is 616 g/mol. The first-order chi connectivity index (χ1) is 21.0. The van der Waals surface area contributed by atoms with E-state index in [0.717, 1.165) is 28.5 Å². The van der Waals surface area contributed by atoms with E-state index in [-0.39, 0.29) is 50.3 Å². The fraction of sp³-hybridized carbons (Fsp3) is 0.438. The summed E-state index contributed by atoms with van der Waals surface area (Å²) >= 11 is 0. The fourth-order valence-corrected chi connectivity index (χ4v) is 5.04. The predicted molar refractivity (Wildman–Crippen MR) is 156 cm³/mol. The molecule has 7 atom stereocenters. The summed E-state index contributed by atoms with van der Waals surface area (Å²) in [6, 6.07) is 15.4. The van der Waals surface area contributed by atoms with Crippen LogP contribution in [-0.4, -0.2) is 88.2 Å². The molecule has 1 aliphatic rings. The van der Waals surface area contributed by atoms with Crippen LogP contribution in [-0.2, 0) is 31.9 Å². The predicted octanol–water partition coefficient (Wildman–Crippen LogP) is 1.49. The second kappa shape index (κ2) is 15.5. The first kappa shape index (κ1) is 33.4. The summed E-state index contributed by atoms with van der Waals surface area (Å²) in [6.45, 7) is 0.882. The van der Waals surface area contributed by atoms with Crippen molar-refractivity contribution in [1.82, 2.24) is 10.6 Å². The number of rotatable bonds is 12. The van der Waals surface area contributed by atoms with Crippen molar-refractivity contribution in [2.24, 2.45) is 0 Å². The summed E-state index contributed by atoms with van der Waals surface area (Å²) in [5.41, 5.74) is 1.01. The van der Waals surface area contributed by atoms with E-state index in [1.165, 1.54) is 13.0 Å². The Kier molecular flexibility index (Phi) is 11.7. The lowest BCUT2D eigenvalue weighted by molar-refractivity contribution is -0.193. The minimum atomic E-state index is -1.45. The van der Waals surface area contributed by atoms with Crippen molar-refractivity contribution in [1.29, 1.82) is 0 Å². The van der Waals surface area contributed by atoms with Crippen molar-refractivity contribution in [2.75, 3.05) is 13.2 Å². The Morgan fingerprint density at radius 3 is 2.34 bits per heavy atom. The Morgan fingerprint density at radius 1 is 0.932 bits per heavy atom. The Labute approximate surface area is 253 Å². The van der Waals surface area contributed by atoms with Crippen LogP contribution in [0.2, 0.25) is 0 Å². The molecule has 6 N–H and O–H groups in total. The van der Waals surface area contributed by atoms with E-state index in [9.17, 15) is 38.8 Å². The fourth-order valence-electron chi connectivity index (χ4n) is 5.04. The summed E-state index contributed by atoms with van der Waals surface area (Å²) in [5.74, 6) is -3.10. The van der Waals surface area contributed by atoms with E-state index in [4.69, 9.17) is 9.47 Å². The molecule has 3 aromatic carbocycles. The second-order valence-corrected chi connectivity index (χ2v) is 11.1. The average molecular weight is 617 g/mol. The molecule has 12 heteroatoms. The lowest BCUT2D eigenvalue weighted by atomic mass is 10.0. The van der Waals surface area contributed by atoms with Gasteiger partial charge in [-0.2, -0.15) is 0 Å². The zero-order valence-corrected chi connectivity index (χ0v) is 24.2. The molecule has 44 heavy (non-hydrogen) atoms. The minimum Gasteiger partial charge on any atom is -0.391 e. The van der Waals surface area contributed by atoms with Crippen molar-refractivity contribution < 1.29 is 48.3 Å². The number of benzene rings is 3. The number of ether oxygens (including phenoxy) is 2. The highest BCUT2D eigenvalue weighted by Gasteiger charge is 2.35. The molecule has 238 valence electrons. The van der Waals surface area contributed by atoms with Gasteiger partial charge in [0.25, 0.3) is 0 Å². The van der Waals surface area contributed by atoms with Crippen LogP contribution in [0.1, 0.15) is 30.9 Å². The third-order valence-corrected chi connectivity index (χ3v) is 7.54. The van der Waals surface area contributed by atoms with Gasteiger partial charge in [-0.05, 0) is 47.4 Å². The lowest BCUT2D eigenvalue weighted by Crippen LogP contribution is -2.51. The van der Waals surface area contributed by atoms with Crippen molar-refractivity contribution in [3.05, 3.63) is 83.4 Å². The second-order valence-electron chi connectivity index (χ2n) is 11.1. The first-order valence-electron chi connectivity index (χ1n) is 14.5. The molecule has 0 aromatic heterocycles. The third kappa shape index (κ3) is 9.24. The van der Waals surface area contributed by atoms with Crippen LogP contribution in [0.15, 0.2) is 60.7 Å². The van der Waals surface area contributed by atoms with Gasteiger partial charge in [0.2, 0.25) is 11.8 Å². The normalized spacial score (nSPS) is 22.5. The van der Waals surface area contributed by atoms with Crippen molar-refractivity contribution >= 4 is 22.6 Å². The SMILES string of the molecule is CC(O)C(O)C(COC1CCC(O)C(O)C(CNC(=O)Cc2ccc3ccccc3c2)O1)NC(=O)Cc1ccc(F)c(F)c1. The van der Waals surface area contributed by atoms with Crippen molar-refractivity contribution in [3.8, 4) is 0 Å². The Bertz CT molecular complexity index is 1420. The summed E-state index contributed by atoms with van der Waals surface area (Å²) in [5, 5.41) is 48.8. The van der Waals surface area contributed by atoms with E-state index in [2.05, 4.69) is 10.6 Å². The number of carbonyl (C=O) groups is 2. The molecule has 1 aliphatic heterocycles. The van der Waals surface area contributed by atoms with Crippen molar-refractivity contribution in [2.45, 2.75) is 75.5 Å². The summed E-state index contributed by atoms with van der Waals surface area (Å²) in [6.07, 6.45) is -7.15. The molecule has 7 unspecified atom stereocenters.